The number of hydrogen-bond donors (Lipinski definition) is 1. The van der Waals surface area contributed by atoms with Gasteiger partial charge < -0.3 is 14.5 Å². The Bertz CT molecular complexity index is 1170. The largest absolute Gasteiger partial charge is 0.463 e. The van der Waals surface area contributed by atoms with Crippen LogP contribution in [0.1, 0.15) is 17.3 Å². The molecule has 8 nitrogen and oxygen atoms in total. The summed E-state index contributed by atoms with van der Waals surface area (Å²) < 4.78 is 12.3. The number of amides is 1. The van der Waals surface area contributed by atoms with E-state index in [9.17, 15) is 9.59 Å². The number of fused-ring (bicyclic) bond motifs is 3. The molecule has 0 saturated carbocycles. The van der Waals surface area contributed by atoms with Crippen molar-refractivity contribution < 1.29 is 18.7 Å². The van der Waals surface area contributed by atoms with Gasteiger partial charge in [0.15, 0.2) is 5.58 Å². The summed E-state index contributed by atoms with van der Waals surface area (Å²) >= 11 is 1.26. The third-order valence-electron chi connectivity index (χ3n) is 4.03. The minimum atomic E-state index is -0.475. The number of carbonyl (C=O) groups excluding carboxylic acids is 2. The second-order valence-corrected chi connectivity index (χ2v) is 6.77. The average Bonchev–Trinajstić information content (AvgIpc) is 3.29. The lowest BCUT2D eigenvalue weighted by molar-refractivity contribution is -0.113. The zero-order valence-corrected chi connectivity index (χ0v) is 15.7. The van der Waals surface area contributed by atoms with Crippen molar-refractivity contribution in [1.82, 2.24) is 14.6 Å². The van der Waals surface area contributed by atoms with Crippen molar-refractivity contribution in [1.29, 1.82) is 0 Å². The van der Waals surface area contributed by atoms with Crippen molar-refractivity contribution >= 4 is 45.9 Å². The van der Waals surface area contributed by atoms with Crippen LogP contribution in [0.4, 0.5) is 5.69 Å². The van der Waals surface area contributed by atoms with Gasteiger partial charge in [-0.2, -0.15) is 0 Å². The quantitative estimate of drug-likeness (QED) is 0.394. The molecule has 0 unspecified atom stereocenters. The summed E-state index contributed by atoms with van der Waals surface area (Å²) in [5.41, 5.74) is 3.16. The highest BCUT2D eigenvalue weighted by atomic mass is 32.2. The van der Waals surface area contributed by atoms with Crippen LogP contribution in [0.25, 0.3) is 16.6 Å². The first-order valence-electron chi connectivity index (χ1n) is 8.56. The first-order chi connectivity index (χ1) is 13.7. The Labute approximate surface area is 163 Å². The Hall–Kier alpha value is -3.33. The molecule has 0 aliphatic carbocycles. The van der Waals surface area contributed by atoms with Crippen molar-refractivity contribution in [2.75, 3.05) is 17.7 Å². The van der Waals surface area contributed by atoms with E-state index < -0.39 is 5.97 Å². The maximum absolute atomic E-state index is 12.4. The van der Waals surface area contributed by atoms with Crippen LogP contribution in [0.15, 0.2) is 58.4 Å². The Morgan fingerprint density at radius 2 is 2.11 bits per heavy atom. The molecule has 0 spiro atoms. The fourth-order valence-corrected chi connectivity index (χ4v) is 3.57. The van der Waals surface area contributed by atoms with Crippen LogP contribution in [0, 0.1) is 0 Å². The number of nitrogens with zero attached hydrogens (tertiary/aromatic N) is 3. The number of anilines is 1. The van der Waals surface area contributed by atoms with E-state index in [1.54, 1.807) is 43.8 Å². The molecule has 4 rings (SSSR count). The van der Waals surface area contributed by atoms with E-state index in [2.05, 4.69) is 15.5 Å². The minimum Gasteiger partial charge on any atom is -0.463 e. The van der Waals surface area contributed by atoms with Crippen molar-refractivity contribution in [2.45, 2.75) is 11.9 Å². The number of carbonyl (C=O) groups is 2. The molecule has 0 aliphatic rings. The SMILES string of the molecule is CCOC(=O)c1ccccc1NC(=O)CSc1nncn2c1cc1occc12. The zero-order valence-electron chi connectivity index (χ0n) is 14.9. The van der Waals surface area contributed by atoms with Gasteiger partial charge in [-0.1, -0.05) is 23.9 Å². The first kappa shape index (κ1) is 18.1. The Morgan fingerprint density at radius 1 is 1.25 bits per heavy atom. The average molecular weight is 396 g/mol. The molecule has 1 aromatic carbocycles. The van der Waals surface area contributed by atoms with E-state index >= 15 is 0 Å². The zero-order chi connectivity index (χ0) is 19.5. The number of para-hydroxylation sites is 1. The number of benzene rings is 1. The normalized spacial score (nSPS) is 11.0. The maximum Gasteiger partial charge on any atom is 0.340 e. The number of rotatable bonds is 6. The summed E-state index contributed by atoms with van der Waals surface area (Å²) in [5.74, 6) is -0.629. The molecule has 0 fully saturated rings. The van der Waals surface area contributed by atoms with Gasteiger partial charge in [-0.25, -0.2) is 4.79 Å². The first-order valence-corrected chi connectivity index (χ1v) is 9.54. The van der Waals surface area contributed by atoms with Gasteiger partial charge in [0.05, 0.1) is 40.9 Å². The number of ether oxygens (including phenoxy) is 1. The van der Waals surface area contributed by atoms with Crippen LogP contribution >= 0.6 is 11.8 Å². The summed E-state index contributed by atoms with van der Waals surface area (Å²) in [6.07, 6.45) is 3.21. The molecular formula is C19H16N4O4S. The predicted octanol–water partition coefficient (Wildman–Crippen LogP) is 3.38. The molecule has 1 N–H and O–H groups in total. The van der Waals surface area contributed by atoms with Gasteiger partial charge in [0, 0.05) is 12.1 Å². The second kappa shape index (κ2) is 7.73. The van der Waals surface area contributed by atoms with Crippen LogP contribution in [-0.4, -0.2) is 38.8 Å². The van der Waals surface area contributed by atoms with Crippen LogP contribution in [-0.2, 0) is 9.53 Å². The summed E-state index contributed by atoms with van der Waals surface area (Å²) in [6.45, 7) is 2.00. The monoisotopic (exact) mass is 396 g/mol. The number of nitrogens with one attached hydrogen (secondary N) is 1. The van der Waals surface area contributed by atoms with Gasteiger partial charge in [-0.3, -0.25) is 9.20 Å². The molecule has 1 amide bonds. The highest BCUT2D eigenvalue weighted by molar-refractivity contribution is 8.00. The molecule has 0 bridgehead atoms. The van der Waals surface area contributed by atoms with Crippen molar-refractivity contribution in [3.05, 3.63) is 54.6 Å². The molecule has 3 aromatic heterocycles. The third kappa shape index (κ3) is 3.44. The summed E-state index contributed by atoms with van der Waals surface area (Å²) in [6, 6.07) is 10.4. The maximum atomic E-state index is 12.4. The van der Waals surface area contributed by atoms with Gasteiger partial charge in [-0.15, -0.1) is 10.2 Å². The molecule has 0 saturated heterocycles. The predicted molar refractivity (Wildman–Crippen MR) is 105 cm³/mol. The van der Waals surface area contributed by atoms with E-state index in [0.717, 1.165) is 16.6 Å². The van der Waals surface area contributed by atoms with Crippen molar-refractivity contribution in [3.63, 3.8) is 0 Å². The lowest BCUT2D eigenvalue weighted by Gasteiger charge is -2.10. The van der Waals surface area contributed by atoms with E-state index in [1.807, 2.05) is 16.5 Å². The van der Waals surface area contributed by atoms with E-state index in [-0.39, 0.29) is 18.3 Å². The molecule has 0 atom stereocenters. The fourth-order valence-electron chi connectivity index (χ4n) is 2.82. The topological polar surface area (TPSA) is 98.7 Å². The van der Waals surface area contributed by atoms with E-state index in [1.165, 1.54) is 11.8 Å². The van der Waals surface area contributed by atoms with Gasteiger partial charge in [0.25, 0.3) is 0 Å². The number of hydrogen-bond acceptors (Lipinski definition) is 7. The van der Waals surface area contributed by atoms with Crippen LogP contribution in [0.5, 0.6) is 0 Å². The second-order valence-electron chi connectivity index (χ2n) is 5.81. The third-order valence-corrected chi connectivity index (χ3v) is 5.00. The molecule has 28 heavy (non-hydrogen) atoms. The van der Waals surface area contributed by atoms with Crippen LogP contribution in [0.2, 0.25) is 0 Å². The van der Waals surface area contributed by atoms with Crippen LogP contribution in [0.3, 0.4) is 0 Å². The van der Waals surface area contributed by atoms with Crippen LogP contribution < -0.4 is 5.32 Å². The van der Waals surface area contributed by atoms with E-state index in [4.69, 9.17) is 9.15 Å². The van der Waals surface area contributed by atoms with Gasteiger partial charge in [-0.05, 0) is 19.1 Å². The number of esters is 1. The summed E-state index contributed by atoms with van der Waals surface area (Å²) in [7, 11) is 0. The number of thioether (sulfide) groups is 1. The smallest absolute Gasteiger partial charge is 0.340 e. The molecule has 0 radical (unpaired) electrons. The molecule has 3 heterocycles. The summed E-state index contributed by atoms with van der Waals surface area (Å²) in [5, 5.41) is 11.5. The number of furan rings is 1. The summed E-state index contributed by atoms with van der Waals surface area (Å²) in [4.78, 5) is 24.4. The molecular weight excluding hydrogens is 380 g/mol. The molecule has 0 aliphatic heterocycles. The minimum absolute atomic E-state index is 0.109. The van der Waals surface area contributed by atoms with Gasteiger partial charge in [0.1, 0.15) is 11.4 Å². The Balaban J connectivity index is 1.49. The lowest BCUT2D eigenvalue weighted by atomic mass is 10.2. The van der Waals surface area contributed by atoms with Crippen molar-refractivity contribution in [3.8, 4) is 0 Å². The molecule has 9 heteroatoms. The Morgan fingerprint density at radius 3 is 2.96 bits per heavy atom. The highest BCUT2D eigenvalue weighted by Gasteiger charge is 2.16. The molecule has 142 valence electrons. The molecule has 4 aromatic rings. The van der Waals surface area contributed by atoms with Crippen molar-refractivity contribution in [2.24, 2.45) is 0 Å². The van der Waals surface area contributed by atoms with Gasteiger partial charge >= 0.3 is 5.97 Å². The fraction of sp³-hybridized carbons (Fsp3) is 0.158. The standard InChI is InChI=1S/C19H16N4O4S/c1-2-26-19(25)12-5-3-4-6-13(12)21-17(24)10-28-18-15-9-16-14(7-8-27-16)23(15)11-20-22-18/h3-9,11H,2,10H2,1H3,(H,21,24). The lowest BCUT2D eigenvalue weighted by Crippen LogP contribution is -2.17. The Kier molecular flexibility index (Phi) is 4.98. The highest BCUT2D eigenvalue weighted by Crippen LogP contribution is 2.27. The van der Waals surface area contributed by atoms with Gasteiger partial charge in [0.2, 0.25) is 5.91 Å². The van der Waals surface area contributed by atoms with E-state index in [0.29, 0.717) is 16.3 Å². The number of aromatic nitrogens is 3.